The average Bonchev–Trinajstić information content (AvgIpc) is 2.40. The van der Waals surface area contributed by atoms with Crippen LogP contribution < -0.4 is 10.0 Å². The van der Waals surface area contributed by atoms with E-state index in [0.29, 0.717) is 19.0 Å². The highest BCUT2D eigenvalue weighted by Gasteiger charge is 2.30. The minimum atomic E-state index is -3.31. The lowest BCUT2D eigenvalue weighted by molar-refractivity contribution is 0.278. The van der Waals surface area contributed by atoms with Crippen LogP contribution in [-0.4, -0.2) is 44.4 Å². The fourth-order valence-corrected chi connectivity index (χ4v) is 4.40. The van der Waals surface area contributed by atoms with Crippen LogP contribution in [0, 0.1) is 5.92 Å². The van der Waals surface area contributed by atoms with Gasteiger partial charge in [0.05, 0.1) is 0 Å². The van der Waals surface area contributed by atoms with Gasteiger partial charge in [0, 0.05) is 25.2 Å². The fourth-order valence-electron chi connectivity index (χ4n) is 2.92. The van der Waals surface area contributed by atoms with Crippen molar-refractivity contribution in [2.45, 2.75) is 58.0 Å². The van der Waals surface area contributed by atoms with Crippen molar-refractivity contribution in [2.75, 3.05) is 19.6 Å². The van der Waals surface area contributed by atoms with Crippen LogP contribution in [0.25, 0.3) is 0 Å². The summed E-state index contributed by atoms with van der Waals surface area (Å²) in [5.41, 5.74) is 0. The maximum atomic E-state index is 12.3. The van der Waals surface area contributed by atoms with Crippen molar-refractivity contribution in [3.05, 3.63) is 0 Å². The summed E-state index contributed by atoms with van der Waals surface area (Å²) in [7, 11) is -3.31. The molecule has 0 saturated carbocycles. The molecule has 2 aliphatic heterocycles. The third-order valence-electron chi connectivity index (χ3n) is 4.37. The van der Waals surface area contributed by atoms with Crippen LogP contribution in [0.3, 0.4) is 0 Å². The first-order valence-corrected chi connectivity index (χ1v) is 8.94. The zero-order valence-corrected chi connectivity index (χ0v) is 12.9. The Kier molecular flexibility index (Phi) is 5.22. The molecule has 0 aromatic rings. The Morgan fingerprint density at radius 2 is 1.89 bits per heavy atom. The van der Waals surface area contributed by atoms with Crippen LogP contribution in [-0.2, 0) is 10.2 Å². The van der Waals surface area contributed by atoms with E-state index < -0.39 is 10.2 Å². The molecule has 0 radical (unpaired) electrons. The van der Waals surface area contributed by atoms with Gasteiger partial charge in [0.1, 0.15) is 0 Å². The van der Waals surface area contributed by atoms with Gasteiger partial charge in [-0.1, -0.05) is 13.3 Å². The molecule has 5 nitrogen and oxygen atoms in total. The van der Waals surface area contributed by atoms with Crippen molar-refractivity contribution in [3.63, 3.8) is 0 Å². The van der Waals surface area contributed by atoms with E-state index >= 15 is 0 Å². The molecule has 0 bridgehead atoms. The van der Waals surface area contributed by atoms with E-state index in [4.69, 9.17) is 0 Å². The first-order chi connectivity index (χ1) is 8.99. The number of rotatable bonds is 4. The van der Waals surface area contributed by atoms with E-state index in [1.165, 1.54) is 12.8 Å². The highest BCUT2D eigenvalue weighted by Crippen LogP contribution is 2.19. The van der Waals surface area contributed by atoms with Gasteiger partial charge in [0.2, 0.25) is 0 Å². The van der Waals surface area contributed by atoms with Crippen molar-refractivity contribution >= 4 is 10.2 Å². The SMILES string of the molecule is CC1CCN(S(=O)(=O)NC(C)C2CCCCN2)CC1. The summed E-state index contributed by atoms with van der Waals surface area (Å²) in [6.07, 6.45) is 5.37. The van der Waals surface area contributed by atoms with Gasteiger partial charge < -0.3 is 5.32 Å². The maximum absolute atomic E-state index is 12.3. The molecule has 0 aromatic heterocycles. The summed E-state index contributed by atoms with van der Waals surface area (Å²) in [4.78, 5) is 0. The first kappa shape index (κ1) is 15.2. The molecule has 2 rings (SSSR count). The van der Waals surface area contributed by atoms with Gasteiger partial charge in [0.25, 0.3) is 10.2 Å². The van der Waals surface area contributed by atoms with Crippen molar-refractivity contribution in [1.29, 1.82) is 0 Å². The Morgan fingerprint density at radius 3 is 2.47 bits per heavy atom. The van der Waals surface area contributed by atoms with Crippen molar-refractivity contribution in [3.8, 4) is 0 Å². The number of nitrogens with zero attached hydrogens (tertiary/aromatic N) is 1. The lowest BCUT2D eigenvalue weighted by Gasteiger charge is -2.33. The van der Waals surface area contributed by atoms with Crippen molar-refractivity contribution < 1.29 is 8.42 Å². The largest absolute Gasteiger partial charge is 0.312 e. The maximum Gasteiger partial charge on any atom is 0.279 e. The molecular weight excluding hydrogens is 262 g/mol. The van der Waals surface area contributed by atoms with E-state index in [-0.39, 0.29) is 12.1 Å². The van der Waals surface area contributed by atoms with E-state index in [0.717, 1.165) is 25.8 Å². The predicted octanol–water partition coefficient (Wildman–Crippen LogP) is 1.08. The highest BCUT2D eigenvalue weighted by molar-refractivity contribution is 7.87. The van der Waals surface area contributed by atoms with Crippen LogP contribution in [0.5, 0.6) is 0 Å². The summed E-state index contributed by atoms with van der Waals surface area (Å²) in [6, 6.07) is 0.233. The van der Waals surface area contributed by atoms with Gasteiger partial charge in [0.15, 0.2) is 0 Å². The molecule has 2 N–H and O–H groups in total. The number of hydrogen-bond donors (Lipinski definition) is 2. The Hall–Kier alpha value is -0.170. The molecule has 19 heavy (non-hydrogen) atoms. The number of nitrogens with one attached hydrogen (secondary N) is 2. The first-order valence-electron chi connectivity index (χ1n) is 7.50. The Balaban J connectivity index is 1.89. The number of piperidine rings is 2. The molecule has 2 unspecified atom stereocenters. The highest BCUT2D eigenvalue weighted by atomic mass is 32.2. The predicted molar refractivity (Wildman–Crippen MR) is 77.1 cm³/mol. The molecule has 112 valence electrons. The third kappa shape index (κ3) is 4.15. The second-order valence-corrected chi connectivity index (χ2v) is 7.75. The lowest BCUT2D eigenvalue weighted by Crippen LogP contribution is -2.54. The molecule has 2 aliphatic rings. The zero-order valence-electron chi connectivity index (χ0n) is 12.1. The van der Waals surface area contributed by atoms with E-state index in [1.807, 2.05) is 6.92 Å². The molecule has 0 aromatic carbocycles. The van der Waals surface area contributed by atoms with Gasteiger partial charge in [-0.2, -0.15) is 17.4 Å². The normalized spacial score (nSPS) is 29.3. The quantitative estimate of drug-likeness (QED) is 0.814. The second kappa shape index (κ2) is 6.52. The standard InChI is InChI=1S/C13H27N3O2S/c1-11-6-9-16(10-7-11)19(17,18)15-12(2)13-5-3-4-8-14-13/h11-15H,3-10H2,1-2H3. The molecular formula is C13H27N3O2S. The summed E-state index contributed by atoms with van der Waals surface area (Å²) in [5.74, 6) is 0.642. The monoisotopic (exact) mass is 289 g/mol. The van der Waals surface area contributed by atoms with Gasteiger partial charge in [-0.15, -0.1) is 0 Å². The second-order valence-electron chi connectivity index (χ2n) is 6.05. The molecule has 0 amide bonds. The van der Waals surface area contributed by atoms with Crippen molar-refractivity contribution in [2.24, 2.45) is 5.92 Å². The number of hydrogen-bond acceptors (Lipinski definition) is 3. The van der Waals surface area contributed by atoms with Crippen LogP contribution in [0.2, 0.25) is 0 Å². The topological polar surface area (TPSA) is 61.4 Å². The molecule has 2 fully saturated rings. The smallest absolute Gasteiger partial charge is 0.279 e. The van der Waals surface area contributed by atoms with E-state index in [1.54, 1.807) is 4.31 Å². The Bertz CT molecular complexity index is 371. The third-order valence-corrected chi connectivity index (χ3v) is 6.08. The summed E-state index contributed by atoms with van der Waals surface area (Å²) >= 11 is 0. The minimum absolute atomic E-state index is 0.0374. The van der Waals surface area contributed by atoms with Crippen LogP contribution in [0.4, 0.5) is 0 Å². The molecule has 2 heterocycles. The molecule has 2 atom stereocenters. The summed E-state index contributed by atoms with van der Waals surface area (Å²) < 4.78 is 29.1. The average molecular weight is 289 g/mol. The Labute approximate surface area is 117 Å². The molecule has 0 spiro atoms. The van der Waals surface area contributed by atoms with Crippen molar-refractivity contribution in [1.82, 2.24) is 14.3 Å². The van der Waals surface area contributed by atoms with Gasteiger partial charge in [-0.25, -0.2) is 0 Å². The Morgan fingerprint density at radius 1 is 1.21 bits per heavy atom. The van der Waals surface area contributed by atoms with Gasteiger partial charge >= 0.3 is 0 Å². The molecule has 0 aliphatic carbocycles. The van der Waals surface area contributed by atoms with Crippen LogP contribution in [0.1, 0.15) is 46.0 Å². The van der Waals surface area contributed by atoms with Crippen LogP contribution >= 0.6 is 0 Å². The fraction of sp³-hybridized carbons (Fsp3) is 1.00. The summed E-state index contributed by atoms with van der Waals surface area (Å²) in [5, 5.41) is 3.41. The molecule has 2 saturated heterocycles. The zero-order chi connectivity index (χ0) is 13.9. The van der Waals surface area contributed by atoms with E-state index in [2.05, 4.69) is 17.0 Å². The van der Waals surface area contributed by atoms with Gasteiger partial charge in [-0.3, -0.25) is 0 Å². The lowest BCUT2D eigenvalue weighted by atomic mass is 10.00. The van der Waals surface area contributed by atoms with E-state index in [9.17, 15) is 8.42 Å². The van der Waals surface area contributed by atoms with Gasteiger partial charge in [-0.05, 0) is 45.1 Å². The molecule has 6 heteroatoms. The summed E-state index contributed by atoms with van der Waals surface area (Å²) in [6.45, 7) is 6.46. The van der Waals surface area contributed by atoms with Crippen LogP contribution in [0.15, 0.2) is 0 Å². The minimum Gasteiger partial charge on any atom is -0.312 e.